The standard InChI is InChI=1S/C21H27N3O2/c1-15(2)14-26-18-10-8-16(9-11-18)12-22-21(25)19-13-23-24-20(19)17-6-4-3-5-7-17/h3-11,15,19-20,23-24H,12-14H2,1-2H3,(H,22,25). The van der Waals surface area contributed by atoms with E-state index in [1.54, 1.807) is 0 Å². The van der Waals surface area contributed by atoms with Crippen LogP contribution >= 0.6 is 0 Å². The Morgan fingerprint density at radius 1 is 1.15 bits per heavy atom. The van der Waals surface area contributed by atoms with Crippen LogP contribution in [-0.2, 0) is 11.3 Å². The number of amides is 1. The van der Waals surface area contributed by atoms with Gasteiger partial charge in [-0.1, -0.05) is 56.3 Å². The Balaban J connectivity index is 1.53. The van der Waals surface area contributed by atoms with Gasteiger partial charge in [0.1, 0.15) is 5.75 Å². The topological polar surface area (TPSA) is 62.4 Å². The number of benzene rings is 2. The predicted molar refractivity (Wildman–Crippen MR) is 102 cm³/mol. The Bertz CT molecular complexity index is 701. The number of hydrazine groups is 1. The van der Waals surface area contributed by atoms with Crippen molar-refractivity contribution in [2.45, 2.75) is 26.4 Å². The third kappa shape index (κ3) is 4.84. The highest BCUT2D eigenvalue weighted by Crippen LogP contribution is 2.24. The van der Waals surface area contributed by atoms with Crippen molar-refractivity contribution in [1.82, 2.24) is 16.2 Å². The molecule has 5 heteroatoms. The van der Waals surface area contributed by atoms with Gasteiger partial charge in [0.15, 0.2) is 0 Å². The normalized spacial score (nSPS) is 19.5. The Morgan fingerprint density at radius 2 is 1.88 bits per heavy atom. The van der Waals surface area contributed by atoms with E-state index in [1.165, 1.54) is 0 Å². The van der Waals surface area contributed by atoms with E-state index in [1.807, 2.05) is 54.6 Å². The highest BCUT2D eigenvalue weighted by Gasteiger charge is 2.33. The predicted octanol–water partition coefficient (Wildman–Crippen LogP) is 2.80. The average Bonchev–Trinajstić information content (AvgIpc) is 3.16. The van der Waals surface area contributed by atoms with Gasteiger partial charge in [-0.25, -0.2) is 5.43 Å². The molecule has 5 nitrogen and oxygen atoms in total. The third-order valence-electron chi connectivity index (χ3n) is 4.45. The lowest BCUT2D eigenvalue weighted by Gasteiger charge is -2.18. The highest BCUT2D eigenvalue weighted by molar-refractivity contribution is 5.80. The first-order valence-electron chi connectivity index (χ1n) is 9.16. The smallest absolute Gasteiger partial charge is 0.226 e. The van der Waals surface area contributed by atoms with Gasteiger partial charge >= 0.3 is 0 Å². The summed E-state index contributed by atoms with van der Waals surface area (Å²) < 4.78 is 5.69. The maximum absolute atomic E-state index is 12.6. The molecule has 0 saturated carbocycles. The summed E-state index contributed by atoms with van der Waals surface area (Å²) in [5.41, 5.74) is 8.48. The van der Waals surface area contributed by atoms with Crippen molar-refractivity contribution in [1.29, 1.82) is 0 Å². The first kappa shape index (κ1) is 18.4. The molecule has 1 aliphatic rings. The Kier molecular flexibility index (Phi) is 6.26. The van der Waals surface area contributed by atoms with E-state index in [0.29, 0.717) is 25.6 Å². The molecule has 1 amide bonds. The van der Waals surface area contributed by atoms with Crippen molar-refractivity contribution in [3.8, 4) is 5.75 Å². The Labute approximate surface area is 155 Å². The second-order valence-corrected chi connectivity index (χ2v) is 7.09. The third-order valence-corrected chi connectivity index (χ3v) is 4.45. The second kappa shape index (κ2) is 8.83. The van der Waals surface area contributed by atoms with E-state index in [9.17, 15) is 4.79 Å². The van der Waals surface area contributed by atoms with Gasteiger partial charge in [-0.05, 0) is 29.2 Å². The second-order valence-electron chi connectivity index (χ2n) is 7.09. The molecule has 2 atom stereocenters. The quantitative estimate of drug-likeness (QED) is 0.716. The van der Waals surface area contributed by atoms with Crippen LogP contribution in [0.2, 0.25) is 0 Å². The minimum atomic E-state index is -0.133. The first-order chi connectivity index (χ1) is 12.6. The van der Waals surface area contributed by atoms with Crippen molar-refractivity contribution >= 4 is 5.91 Å². The van der Waals surface area contributed by atoms with Gasteiger partial charge in [0.2, 0.25) is 5.91 Å². The Morgan fingerprint density at radius 3 is 2.58 bits per heavy atom. The molecule has 0 spiro atoms. The number of carbonyl (C=O) groups excluding carboxylic acids is 1. The van der Waals surface area contributed by atoms with Gasteiger partial charge in [0, 0.05) is 13.1 Å². The van der Waals surface area contributed by atoms with Gasteiger partial charge in [0.05, 0.1) is 18.6 Å². The molecule has 3 rings (SSSR count). The number of rotatable bonds is 7. The number of ether oxygens (including phenoxy) is 1. The molecule has 0 radical (unpaired) electrons. The molecule has 0 bridgehead atoms. The summed E-state index contributed by atoms with van der Waals surface area (Å²) in [5.74, 6) is 1.28. The molecule has 2 aromatic rings. The zero-order chi connectivity index (χ0) is 18.4. The minimum absolute atomic E-state index is 0.0111. The molecular weight excluding hydrogens is 326 g/mol. The zero-order valence-electron chi connectivity index (χ0n) is 15.4. The van der Waals surface area contributed by atoms with Gasteiger partial charge < -0.3 is 10.1 Å². The summed E-state index contributed by atoms with van der Waals surface area (Å²) in [7, 11) is 0. The minimum Gasteiger partial charge on any atom is -0.493 e. The molecule has 1 fully saturated rings. The average molecular weight is 353 g/mol. The summed E-state index contributed by atoms with van der Waals surface area (Å²) in [6.07, 6.45) is 0. The highest BCUT2D eigenvalue weighted by atomic mass is 16.5. The van der Waals surface area contributed by atoms with Crippen LogP contribution in [0.25, 0.3) is 0 Å². The van der Waals surface area contributed by atoms with Gasteiger partial charge in [0.25, 0.3) is 0 Å². The fourth-order valence-corrected chi connectivity index (χ4v) is 3.00. The molecule has 26 heavy (non-hydrogen) atoms. The maximum Gasteiger partial charge on any atom is 0.226 e. The van der Waals surface area contributed by atoms with Crippen molar-refractivity contribution in [3.05, 3.63) is 65.7 Å². The molecule has 2 unspecified atom stereocenters. The van der Waals surface area contributed by atoms with Gasteiger partial charge in [-0.3, -0.25) is 10.2 Å². The van der Waals surface area contributed by atoms with Crippen molar-refractivity contribution < 1.29 is 9.53 Å². The van der Waals surface area contributed by atoms with Crippen LogP contribution in [0, 0.1) is 11.8 Å². The zero-order valence-corrected chi connectivity index (χ0v) is 15.4. The van der Waals surface area contributed by atoms with Crippen LogP contribution in [0.4, 0.5) is 0 Å². The molecule has 1 heterocycles. The molecule has 138 valence electrons. The molecule has 0 aromatic heterocycles. The van der Waals surface area contributed by atoms with Crippen LogP contribution in [0.15, 0.2) is 54.6 Å². The van der Waals surface area contributed by atoms with Crippen LogP contribution in [0.5, 0.6) is 5.75 Å². The van der Waals surface area contributed by atoms with E-state index in [-0.39, 0.29) is 17.9 Å². The monoisotopic (exact) mass is 353 g/mol. The lowest BCUT2D eigenvalue weighted by molar-refractivity contribution is -0.125. The van der Waals surface area contributed by atoms with Crippen molar-refractivity contribution in [2.75, 3.05) is 13.2 Å². The van der Waals surface area contributed by atoms with Crippen molar-refractivity contribution in [3.63, 3.8) is 0 Å². The summed E-state index contributed by atoms with van der Waals surface area (Å²) in [6.45, 7) is 6.09. The lowest BCUT2D eigenvalue weighted by atomic mass is 9.94. The van der Waals surface area contributed by atoms with Crippen LogP contribution in [-0.4, -0.2) is 19.1 Å². The van der Waals surface area contributed by atoms with E-state index < -0.39 is 0 Å². The van der Waals surface area contributed by atoms with E-state index in [2.05, 4.69) is 30.0 Å². The number of carbonyl (C=O) groups is 1. The van der Waals surface area contributed by atoms with Crippen LogP contribution in [0.3, 0.4) is 0 Å². The van der Waals surface area contributed by atoms with Crippen molar-refractivity contribution in [2.24, 2.45) is 11.8 Å². The van der Waals surface area contributed by atoms with Crippen LogP contribution < -0.4 is 20.9 Å². The Hall–Kier alpha value is -2.37. The molecular formula is C21H27N3O2. The molecule has 1 aliphatic heterocycles. The summed E-state index contributed by atoms with van der Waals surface area (Å²) in [6, 6.07) is 17.9. The summed E-state index contributed by atoms with van der Waals surface area (Å²) >= 11 is 0. The molecule has 3 N–H and O–H groups in total. The van der Waals surface area contributed by atoms with E-state index in [0.717, 1.165) is 16.9 Å². The number of hydrogen-bond acceptors (Lipinski definition) is 4. The summed E-state index contributed by atoms with van der Waals surface area (Å²) in [5, 5.41) is 3.05. The molecule has 0 aliphatic carbocycles. The van der Waals surface area contributed by atoms with Gasteiger partial charge in [-0.2, -0.15) is 0 Å². The van der Waals surface area contributed by atoms with E-state index >= 15 is 0 Å². The number of hydrogen-bond donors (Lipinski definition) is 3. The SMILES string of the molecule is CC(C)COc1ccc(CNC(=O)C2CNNC2c2ccccc2)cc1. The lowest BCUT2D eigenvalue weighted by Crippen LogP contribution is -2.34. The van der Waals surface area contributed by atoms with Gasteiger partial charge in [-0.15, -0.1) is 0 Å². The number of nitrogens with one attached hydrogen (secondary N) is 3. The maximum atomic E-state index is 12.6. The first-order valence-corrected chi connectivity index (χ1v) is 9.16. The molecule has 1 saturated heterocycles. The largest absolute Gasteiger partial charge is 0.493 e. The fourth-order valence-electron chi connectivity index (χ4n) is 3.00. The van der Waals surface area contributed by atoms with E-state index in [4.69, 9.17) is 4.74 Å². The fraction of sp³-hybridized carbons (Fsp3) is 0.381. The summed E-state index contributed by atoms with van der Waals surface area (Å²) in [4.78, 5) is 12.6. The van der Waals surface area contributed by atoms with Crippen LogP contribution in [0.1, 0.15) is 31.0 Å². The molecule has 2 aromatic carbocycles.